The van der Waals surface area contributed by atoms with Gasteiger partial charge in [0.2, 0.25) is 10.0 Å². The van der Waals surface area contributed by atoms with Crippen LogP contribution in [-0.4, -0.2) is 41.9 Å². The summed E-state index contributed by atoms with van der Waals surface area (Å²) in [6, 6.07) is 3.17. The predicted octanol–water partition coefficient (Wildman–Crippen LogP) is 1.49. The molecule has 0 spiro atoms. The van der Waals surface area contributed by atoms with Crippen molar-refractivity contribution in [2.45, 2.75) is 17.9 Å². The van der Waals surface area contributed by atoms with Crippen molar-refractivity contribution in [2.75, 3.05) is 13.2 Å². The van der Waals surface area contributed by atoms with Crippen LogP contribution >= 0.6 is 11.3 Å². The maximum absolute atomic E-state index is 14.0. The minimum absolute atomic E-state index is 0.198. The number of sulfonamides is 1. The average molecular weight is 372 g/mol. The number of thiazole rings is 1. The summed E-state index contributed by atoms with van der Waals surface area (Å²) in [5, 5.41) is 8.53. The lowest BCUT2D eigenvalue weighted by Gasteiger charge is -2.25. The maximum atomic E-state index is 14.0. The van der Waals surface area contributed by atoms with E-state index in [1.165, 1.54) is 21.7 Å². The van der Waals surface area contributed by atoms with Crippen molar-refractivity contribution in [3.8, 4) is 5.75 Å². The number of nitrogens with zero attached hydrogens (tertiary/aromatic N) is 2. The average Bonchev–Trinajstić information content (AvgIpc) is 3.01. The van der Waals surface area contributed by atoms with Crippen LogP contribution < -0.4 is 4.74 Å². The number of aliphatic carboxylic acids is 1. The normalized spacial score (nSPS) is 15.0. The van der Waals surface area contributed by atoms with Crippen LogP contribution in [0.15, 0.2) is 28.6 Å². The Labute approximate surface area is 141 Å². The molecule has 1 aliphatic heterocycles. The van der Waals surface area contributed by atoms with E-state index in [1.54, 1.807) is 5.51 Å². The van der Waals surface area contributed by atoms with Crippen molar-refractivity contribution in [3.05, 3.63) is 40.1 Å². The van der Waals surface area contributed by atoms with Gasteiger partial charge < -0.3 is 9.84 Å². The Morgan fingerprint density at radius 1 is 1.46 bits per heavy atom. The first kappa shape index (κ1) is 16.8. The van der Waals surface area contributed by atoms with Gasteiger partial charge in [0.05, 0.1) is 22.6 Å². The second-order valence-electron chi connectivity index (χ2n) is 5.09. The minimum atomic E-state index is -3.85. The van der Waals surface area contributed by atoms with Gasteiger partial charge in [0, 0.05) is 17.8 Å². The van der Waals surface area contributed by atoms with Gasteiger partial charge in [-0.25, -0.2) is 22.6 Å². The summed E-state index contributed by atoms with van der Waals surface area (Å²) in [6.45, 7) is -0.220. The Hall–Kier alpha value is -2.04. The van der Waals surface area contributed by atoms with Crippen LogP contribution in [0.4, 0.5) is 4.39 Å². The molecule has 1 aromatic heterocycles. The van der Waals surface area contributed by atoms with Gasteiger partial charge in [-0.2, -0.15) is 4.31 Å². The number of carboxylic acid groups (broad SMARTS) is 1. The molecule has 7 nitrogen and oxygen atoms in total. The zero-order valence-corrected chi connectivity index (χ0v) is 13.9. The lowest BCUT2D eigenvalue weighted by molar-refractivity contribution is -0.139. The van der Waals surface area contributed by atoms with Gasteiger partial charge >= 0.3 is 5.97 Å². The van der Waals surface area contributed by atoms with Crippen LogP contribution in [0, 0.1) is 5.82 Å². The predicted molar refractivity (Wildman–Crippen MR) is 82.9 cm³/mol. The van der Waals surface area contributed by atoms with E-state index in [0.717, 1.165) is 22.7 Å². The van der Waals surface area contributed by atoms with Crippen molar-refractivity contribution < 1.29 is 27.4 Å². The molecule has 2 aromatic rings. The fraction of sp³-hybridized carbons (Fsp3) is 0.286. The molecule has 1 N–H and O–H groups in total. The van der Waals surface area contributed by atoms with E-state index in [9.17, 15) is 17.6 Å². The van der Waals surface area contributed by atoms with E-state index in [-0.39, 0.29) is 23.7 Å². The zero-order valence-electron chi connectivity index (χ0n) is 12.3. The molecule has 0 atom stereocenters. The SMILES string of the molecule is O=C(O)COc1ccc(S(=O)(=O)N2CCc3ncsc3C2)cc1F. The molecule has 0 saturated carbocycles. The number of carbonyl (C=O) groups is 1. The van der Waals surface area contributed by atoms with Crippen LogP contribution in [0.1, 0.15) is 10.6 Å². The topological polar surface area (TPSA) is 96.8 Å². The van der Waals surface area contributed by atoms with Crippen molar-refractivity contribution in [3.63, 3.8) is 0 Å². The molecule has 1 aliphatic rings. The van der Waals surface area contributed by atoms with E-state index >= 15 is 0 Å². The highest BCUT2D eigenvalue weighted by Crippen LogP contribution is 2.28. The number of halogens is 1. The second-order valence-corrected chi connectivity index (χ2v) is 7.96. The van der Waals surface area contributed by atoms with Gasteiger partial charge in [0.25, 0.3) is 0 Å². The summed E-state index contributed by atoms with van der Waals surface area (Å²) in [5.41, 5.74) is 2.57. The number of fused-ring (bicyclic) bond motifs is 1. The molecule has 0 amide bonds. The molecule has 0 fully saturated rings. The van der Waals surface area contributed by atoms with Crippen LogP contribution in [0.3, 0.4) is 0 Å². The molecule has 0 aliphatic carbocycles. The molecule has 3 rings (SSSR count). The first-order valence-corrected chi connectivity index (χ1v) is 9.25. The molecule has 10 heteroatoms. The van der Waals surface area contributed by atoms with Crippen LogP contribution in [0.5, 0.6) is 5.75 Å². The van der Waals surface area contributed by atoms with Gasteiger partial charge in [-0.05, 0) is 18.2 Å². The number of rotatable bonds is 5. The van der Waals surface area contributed by atoms with Crippen LogP contribution in [-0.2, 0) is 27.8 Å². The number of hydrogen-bond donors (Lipinski definition) is 1. The lowest BCUT2D eigenvalue weighted by Crippen LogP contribution is -2.35. The molecule has 1 aromatic carbocycles. The highest BCUT2D eigenvalue weighted by Gasteiger charge is 2.30. The summed E-state index contributed by atoms with van der Waals surface area (Å²) in [7, 11) is -3.85. The molecule has 0 bridgehead atoms. The van der Waals surface area contributed by atoms with Gasteiger partial charge in [-0.3, -0.25) is 0 Å². The third-order valence-electron chi connectivity index (χ3n) is 3.54. The van der Waals surface area contributed by atoms with E-state index in [4.69, 9.17) is 9.84 Å². The number of carboxylic acids is 1. The fourth-order valence-corrected chi connectivity index (χ4v) is 4.68. The summed E-state index contributed by atoms with van der Waals surface area (Å²) >= 11 is 1.39. The van der Waals surface area contributed by atoms with Gasteiger partial charge in [0.1, 0.15) is 0 Å². The van der Waals surface area contributed by atoms with Crippen molar-refractivity contribution in [1.82, 2.24) is 9.29 Å². The Kier molecular flexibility index (Phi) is 4.52. The molecule has 0 unspecified atom stereocenters. The Bertz CT molecular complexity index is 881. The monoisotopic (exact) mass is 372 g/mol. The Balaban J connectivity index is 1.83. The first-order chi connectivity index (χ1) is 11.4. The maximum Gasteiger partial charge on any atom is 0.341 e. The molecule has 24 heavy (non-hydrogen) atoms. The third kappa shape index (κ3) is 3.25. The van der Waals surface area contributed by atoms with Crippen LogP contribution in [0.2, 0.25) is 0 Å². The molecule has 0 saturated heterocycles. The van der Waals surface area contributed by atoms with E-state index in [0.29, 0.717) is 6.42 Å². The van der Waals surface area contributed by atoms with E-state index in [2.05, 4.69) is 4.98 Å². The number of hydrogen-bond acceptors (Lipinski definition) is 6. The summed E-state index contributed by atoms with van der Waals surface area (Å²) in [4.78, 5) is 15.3. The first-order valence-electron chi connectivity index (χ1n) is 6.93. The summed E-state index contributed by atoms with van der Waals surface area (Å²) in [6.07, 6.45) is 0.514. The molecule has 128 valence electrons. The highest BCUT2D eigenvalue weighted by molar-refractivity contribution is 7.89. The molecular formula is C14H13FN2O5S2. The summed E-state index contributed by atoms with van der Waals surface area (Å²) in [5.74, 6) is -2.48. The van der Waals surface area contributed by atoms with Gasteiger partial charge in [-0.1, -0.05) is 0 Å². The minimum Gasteiger partial charge on any atom is -0.479 e. The smallest absolute Gasteiger partial charge is 0.341 e. The second kappa shape index (κ2) is 6.46. The van der Waals surface area contributed by atoms with E-state index < -0.39 is 28.4 Å². The summed E-state index contributed by atoms with van der Waals surface area (Å²) < 4.78 is 45.3. The quantitative estimate of drug-likeness (QED) is 0.854. The number of ether oxygens (including phenoxy) is 1. The standard InChI is InChI=1S/C14H13FN2O5S2/c15-10-5-9(1-2-12(10)22-7-14(18)19)24(20,21)17-4-3-11-13(6-17)23-8-16-11/h1-2,5,8H,3-4,6-7H2,(H,18,19). The largest absolute Gasteiger partial charge is 0.479 e. The Morgan fingerprint density at radius 2 is 2.25 bits per heavy atom. The number of benzene rings is 1. The van der Waals surface area contributed by atoms with E-state index in [1.807, 2.05) is 0 Å². The van der Waals surface area contributed by atoms with Gasteiger partial charge in [-0.15, -0.1) is 11.3 Å². The van der Waals surface area contributed by atoms with Crippen molar-refractivity contribution in [1.29, 1.82) is 0 Å². The Morgan fingerprint density at radius 3 is 2.96 bits per heavy atom. The number of aromatic nitrogens is 1. The van der Waals surface area contributed by atoms with Crippen LogP contribution in [0.25, 0.3) is 0 Å². The molecular weight excluding hydrogens is 359 g/mol. The lowest BCUT2D eigenvalue weighted by atomic mass is 10.2. The zero-order chi connectivity index (χ0) is 17.3. The highest BCUT2D eigenvalue weighted by atomic mass is 32.2. The molecule has 0 radical (unpaired) electrons. The molecule has 2 heterocycles. The van der Waals surface area contributed by atoms with Crippen molar-refractivity contribution >= 4 is 27.3 Å². The third-order valence-corrected chi connectivity index (χ3v) is 6.24. The van der Waals surface area contributed by atoms with Gasteiger partial charge in [0.15, 0.2) is 18.2 Å². The van der Waals surface area contributed by atoms with Crippen molar-refractivity contribution in [2.24, 2.45) is 0 Å². The fourth-order valence-electron chi connectivity index (χ4n) is 2.35.